The maximum Gasteiger partial charge on any atom is 0.271 e. The van der Waals surface area contributed by atoms with Crippen LogP contribution in [0.5, 0.6) is 0 Å². The van der Waals surface area contributed by atoms with Gasteiger partial charge in [0.05, 0.1) is 11.6 Å². The number of carbonyl (C=O) groups excluding carboxylic acids is 1. The van der Waals surface area contributed by atoms with Gasteiger partial charge in [0.15, 0.2) is 11.5 Å². The second-order valence-electron chi connectivity index (χ2n) is 4.07. The van der Waals surface area contributed by atoms with E-state index in [0.29, 0.717) is 11.4 Å². The van der Waals surface area contributed by atoms with Crippen molar-refractivity contribution in [1.29, 1.82) is 5.26 Å². The van der Waals surface area contributed by atoms with Gasteiger partial charge in [0.1, 0.15) is 0 Å². The number of benzene rings is 1. The summed E-state index contributed by atoms with van der Waals surface area (Å²) in [5, 5.41) is 19.1. The van der Waals surface area contributed by atoms with Gasteiger partial charge in [-0.05, 0) is 36.4 Å². The molecule has 0 fully saturated rings. The van der Waals surface area contributed by atoms with Crippen molar-refractivity contribution in [2.45, 2.75) is 0 Å². The molecule has 0 atom stereocenters. The highest BCUT2D eigenvalue weighted by Crippen LogP contribution is 2.21. The quantitative estimate of drug-likeness (QED) is 0.910. The lowest BCUT2D eigenvalue weighted by Crippen LogP contribution is -2.20. The van der Waals surface area contributed by atoms with Crippen LogP contribution in [0.15, 0.2) is 36.4 Å². The van der Waals surface area contributed by atoms with E-state index in [2.05, 4.69) is 21.6 Å². The molecule has 1 aromatic heterocycles. The smallest absolute Gasteiger partial charge is 0.271 e. The van der Waals surface area contributed by atoms with Crippen molar-refractivity contribution in [3.63, 3.8) is 0 Å². The summed E-state index contributed by atoms with van der Waals surface area (Å²) in [4.78, 5) is 13.2. The molecule has 1 N–H and O–H groups in total. The van der Waals surface area contributed by atoms with Gasteiger partial charge >= 0.3 is 0 Å². The molecule has 100 valence electrons. The number of nitriles is 1. The third-order valence-electron chi connectivity index (χ3n) is 2.84. The summed E-state index contributed by atoms with van der Waals surface area (Å²) >= 11 is 0. The maximum absolute atomic E-state index is 11.4. The number of hydrogen-bond acceptors (Lipinski definition) is 5. The lowest BCUT2D eigenvalue weighted by atomic mass is 10.2. The maximum atomic E-state index is 11.4. The number of aromatic nitrogens is 2. The predicted molar refractivity (Wildman–Crippen MR) is 74.6 cm³/mol. The molecule has 0 bridgehead atoms. The predicted octanol–water partition coefficient (Wildman–Crippen LogP) is 1.48. The zero-order valence-corrected chi connectivity index (χ0v) is 11.2. The Balaban J connectivity index is 2.22. The molecule has 1 heterocycles. The fraction of sp³-hybridized carbons (Fsp3) is 0.143. The lowest BCUT2D eigenvalue weighted by molar-refractivity contribution is 0.0957. The van der Waals surface area contributed by atoms with Gasteiger partial charge in [-0.1, -0.05) is 0 Å². The van der Waals surface area contributed by atoms with E-state index in [9.17, 15) is 4.79 Å². The molecule has 2 aromatic rings. The van der Waals surface area contributed by atoms with E-state index in [1.807, 2.05) is 24.1 Å². The van der Waals surface area contributed by atoms with Crippen LogP contribution in [0.25, 0.3) is 0 Å². The zero-order valence-electron chi connectivity index (χ0n) is 11.2. The normalized spacial score (nSPS) is 9.65. The number of hydrogen-bond donors (Lipinski definition) is 1. The highest BCUT2D eigenvalue weighted by atomic mass is 16.1. The van der Waals surface area contributed by atoms with E-state index < -0.39 is 0 Å². The minimum Gasteiger partial charge on any atom is -0.354 e. The second-order valence-corrected chi connectivity index (χ2v) is 4.07. The molecule has 0 aliphatic carbocycles. The molecule has 2 rings (SSSR count). The van der Waals surface area contributed by atoms with E-state index in [0.717, 1.165) is 5.69 Å². The highest BCUT2D eigenvalue weighted by molar-refractivity contribution is 5.91. The Hall–Kier alpha value is -2.94. The van der Waals surface area contributed by atoms with Crippen molar-refractivity contribution in [3.05, 3.63) is 47.7 Å². The van der Waals surface area contributed by atoms with Gasteiger partial charge in [-0.2, -0.15) is 5.26 Å². The first kappa shape index (κ1) is 13.5. The van der Waals surface area contributed by atoms with E-state index in [4.69, 9.17) is 5.26 Å². The van der Waals surface area contributed by atoms with E-state index in [1.54, 1.807) is 31.3 Å². The lowest BCUT2D eigenvalue weighted by Gasteiger charge is -2.17. The Morgan fingerprint density at radius 3 is 2.40 bits per heavy atom. The first-order valence-corrected chi connectivity index (χ1v) is 5.95. The van der Waals surface area contributed by atoms with Crippen LogP contribution in [0.4, 0.5) is 11.5 Å². The van der Waals surface area contributed by atoms with Crippen molar-refractivity contribution in [1.82, 2.24) is 15.5 Å². The van der Waals surface area contributed by atoms with Crippen LogP contribution in [0.1, 0.15) is 16.1 Å². The molecule has 0 unspecified atom stereocenters. The molecule has 0 spiro atoms. The summed E-state index contributed by atoms with van der Waals surface area (Å²) < 4.78 is 0. The minimum absolute atomic E-state index is 0.268. The summed E-state index contributed by atoms with van der Waals surface area (Å²) in [6, 6.07) is 12.5. The van der Waals surface area contributed by atoms with Gasteiger partial charge < -0.3 is 10.2 Å². The SMILES string of the molecule is CNC(=O)c1ccc(N(C)c2ccc(C#N)cc2)nn1. The Labute approximate surface area is 116 Å². The van der Waals surface area contributed by atoms with Gasteiger partial charge in [-0.3, -0.25) is 4.79 Å². The number of amides is 1. The topological polar surface area (TPSA) is 81.9 Å². The van der Waals surface area contributed by atoms with Gasteiger partial charge in [-0.25, -0.2) is 0 Å². The Morgan fingerprint density at radius 1 is 1.20 bits per heavy atom. The largest absolute Gasteiger partial charge is 0.354 e. The summed E-state index contributed by atoms with van der Waals surface area (Å²) in [6.07, 6.45) is 0. The standard InChI is InChI=1S/C14H13N5O/c1-16-14(20)12-7-8-13(18-17-12)19(2)11-5-3-10(9-15)4-6-11/h3-8H,1-2H3,(H,16,20). The van der Waals surface area contributed by atoms with Crippen LogP contribution in [0.3, 0.4) is 0 Å². The van der Waals surface area contributed by atoms with Gasteiger partial charge in [-0.15, -0.1) is 10.2 Å². The van der Waals surface area contributed by atoms with Crippen LogP contribution in [-0.4, -0.2) is 30.2 Å². The zero-order chi connectivity index (χ0) is 14.5. The summed E-state index contributed by atoms with van der Waals surface area (Å²) in [7, 11) is 3.38. The number of rotatable bonds is 3. The second kappa shape index (κ2) is 5.80. The van der Waals surface area contributed by atoms with Crippen LogP contribution in [0.2, 0.25) is 0 Å². The van der Waals surface area contributed by atoms with Crippen LogP contribution in [-0.2, 0) is 0 Å². The van der Waals surface area contributed by atoms with E-state index in [1.165, 1.54) is 0 Å². The summed E-state index contributed by atoms with van der Waals surface area (Å²) in [5.74, 6) is 0.340. The van der Waals surface area contributed by atoms with Gasteiger partial charge in [0.25, 0.3) is 5.91 Å². The molecule has 1 aromatic carbocycles. The summed E-state index contributed by atoms with van der Waals surface area (Å²) in [6.45, 7) is 0. The minimum atomic E-state index is -0.273. The van der Waals surface area contributed by atoms with Crippen molar-refractivity contribution < 1.29 is 4.79 Å². The molecule has 0 saturated heterocycles. The number of carbonyl (C=O) groups is 1. The monoisotopic (exact) mass is 267 g/mol. The average Bonchev–Trinajstić information content (AvgIpc) is 2.53. The molecule has 6 heteroatoms. The molecule has 0 aliphatic heterocycles. The fourth-order valence-corrected chi connectivity index (χ4v) is 1.65. The molecule has 1 amide bonds. The molecule has 0 saturated carbocycles. The molecule has 6 nitrogen and oxygen atoms in total. The molecule has 20 heavy (non-hydrogen) atoms. The molecule has 0 aliphatic rings. The summed E-state index contributed by atoms with van der Waals surface area (Å²) in [5.41, 5.74) is 1.75. The molecule has 0 radical (unpaired) electrons. The van der Waals surface area contributed by atoms with Crippen molar-refractivity contribution in [2.75, 3.05) is 19.0 Å². The number of nitrogens with zero attached hydrogens (tertiary/aromatic N) is 4. The van der Waals surface area contributed by atoms with Crippen molar-refractivity contribution >= 4 is 17.4 Å². The van der Waals surface area contributed by atoms with E-state index >= 15 is 0 Å². The Morgan fingerprint density at radius 2 is 1.90 bits per heavy atom. The number of nitrogens with one attached hydrogen (secondary N) is 1. The highest BCUT2D eigenvalue weighted by Gasteiger charge is 2.09. The average molecular weight is 267 g/mol. The third kappa shape index (κ3) is 2.72. The molecular formula is C14H13N5O. The third-order valence-corrected chi connectivity index (χ3v) is 2.84. The van der Waals surface area contributed by atoms with Crippen LogP contribution >= 0.6 is 0 Å². The first-order valence-electron chi connectivity index (χ1n) is 5.95. The van der Waals surface area contributed by atoms with Crippen LogP contribution < -0.4 is 10.2 Å². The molecular weight excluding hydrogens is 254 g/mol. The van der Waals surface area contributed by atoms with Gasteiger partial charge in [0, 0.05) is 19.8 Å². The Kier molecular flexibility index (Phi) is 3.91. The number of anilines is 2. The van der Waals surface area contributed by atoms with Gasteiger partial charge in [0.2, 0.25) is 0 Å². The fourth-order valence-electron chi connectivity index (χ4n) is 1.65. The van der Waals surface area contributed by atoms with E-state index in [-0.39, 0.29) is 11.6 Å². The Bertz CT molecular complexity index is 643. The first-order chi connectivity index (χ1) is 9.65. The van der Waals surface area contributed by atoms with Crippen molar-refractivity contribution in [3.8, 4) is 6.07 Å². The van der Waals surface area contributed by atoms with Crippen LogP contribution in [0, 0.1) is 11.3 Å². The van der Waals surface area contributed by atoms with Crippen molar-refractivity contribution in [2.24, 2.45) is 0 Å².